The fourth-order valence-electron chi connectivity index (χ4n) is 4.00. The third-order valence-corrected chi connectivity index (χ3v) is 6.37. The van der Waals surface area contributed by atoms with Gasteiger partial charge in [-0.1, -0.05) is 30.7 Å². The summed E-state index contributed by atoms with van der Waals surface area (Å²) in [7, 11) is 1.61. The predicted molar refractivity (Wildman–Crippen MR) is 132 cm³/mol. The van der Waals surface area contributed by atoms with Crippen molar-refractivity contribution >= 4 is 29.1 Å². The Bertz CT molecular complexity index is 1170. The largest absolute Gasteiger partial charge is 0.381 e. The summed E-state index contributed by atoms with van der Waals surface area (Å²) < 4.78 is 6.57. The molecule has 10 nitrogen and oxygen atoms in total. The molecule has 2 aromatic heterocycles. The van der Waals surface area contributed by atoms with Crippen LogP contribution >= 0.6 is 11.6 Å². The van der Waals surface area contributed by atoms with Crippen LogP contribution in [0.5, 0.6) is 0 Å². The average Bonchev–Trinajstić information content (AvgIpc) is 3.42. The number of hydrogen-bond donors (Lipinski definition) is 2. The summed E-state index contributed by atoms with van der Waals surface area (Å²) in [4.78, 5) is 32.1. The standard InChI is InChI=1S/C24H30ClN7O3/c1-16(13-18(25)7-4-12-35-3)21-20(15-32(29-21)17(2)24(34)30-9-6-10-30)28-23(33)19-14-27-31-11-5-8-26-22(19)31/h4-5,7-8,11,13-17,21,29H,6,9-10,12H2,1-3H3,(H,28,33)/b7-4-,18-13+. The van der Waals surface area contributed by atoms with Crippen molar-refractivity contribution in [2.45, 2.75) is 32.4 Å². The Morgan fingerprint density at radius 2 is 2.17 bits per heavy atom. The Labute approximate surface area is 209 Å². The normalized spacial score (nSPS) is 20.2. The van der Waals surface area contributed by atoms with Crippen molar-refractivity contribution in [1.29, 1.82) is 0 Å². The molecular formula is C24H30ClN7O3. The van der Waals surface area contributed by atoms with Gasteiger partial charge in [-0.25, -0.2) is 14.9 Å². The number of amides is 2. The van der Waals surface area contributed by atoms with Crippen LogP contribution < -0.4 is 10.7 Å². The molecule has 4 heterocycles. The van der Waals surface area contributed by atoms with Crippen molar-refractivity contribution < 1.29 is 14.3 Å². The second-order valence-corrected chi connectivity index (χ2v) is 9.06. The van der Waals surface area contributed by atoms with Gasteiger partial charge < -0.3 is 20.0 Å². The first-order chi connectivity index (χ1) is 16.9. The summed E-state index contributed by atoms with van der Waals surface area (Å²) in [6.07, 6.45) is 13.1. The summed E-state index contributed by atoms with van der Waals surface area (Å²) in [6, 6.07) is 0.998. The molecule has 0 radical (unpaired) electrons. The first-order valence-corrected chi connectivity index (χ1v) is 11.9. The van der Waals surface area contributed by atoms with Crippen LogP contribution in [0.1, 0.15) is 30.6 Å². The summed E-state index contributed by atoms with van der Waals surface area (Å²) in [5, 5.41) is 9.51. The van der Waals surface area contributed by atoms with Crippen LogP contribution in [0, 0.1) is 5.92 Å². The predicted octanol–water partition coefficient (Wildman–Crippen LogP) is 2.07. The van der Waals surface area contributed by atoms with E-state index in [1.807, 2.05) is 30.9 Å². The smallest absolute Gasteiger partial charge is 0.260 e. The Morgan fingerprint density at radius 3 is 2.89 bits per heavy atom. The molecule has 11 heteroatoms. The highest BCUT2D eigenvalue weighted by Crippen LogP contribution is 2.24. The van der Waals surface area contributed by atoms with Gasteiger partial charge in [0.25, 0.3) is 5.91 Å². The molecule has 0 aromatic carbocycles. The highest BCUT2D eigenvalue weighted by molar-refractivity contribution is 6.31. The second-order valence-electron chi connectivity index (χ2n) is 8.62. The maximum Gasteiger partial charge on any atom is 0.260 e. The molecule has 35 heavy (non-hydrogen) atoms. The monoisotopic (exact) mass is 499 g/mol. The maximum absolute atomic E-state index is 13.2. The zero-order valence-corrected chi connectivity index (χ0v) is 20.8. The molecule has 2 aliphatic heterocycles. The van der Waals surface area contributed by atoms with Crippen molar-refractivity contribution in [3.05, 3.63) is 65.4 Å². The Balaban J connectivity index is 1.56. The summed E-state index contributed by atoms with van der Waals surface area (Å²) in [5.41, 5.74) is 4.82. The van der Waals surface area contributed by atoms with E-state index in [4.69, 9.17) is 16.3 Å². The van der Waals surface area contributed by atoms with Gasteiger partial charge in [0.1, 0.15) is 11.6 Å². The van der Waals surface area contributed by atoms with Gasteiger partial charge >= 0.3 is 0 Å². The molecule has 2 amide bonds. The molecule has 1 saturated heterocycles. The molecule has 0 aliphatic carbocycles. The SMILES string of the molecule is COC/C=C\C(Cl)=C/C(C)C1NN(C(C)C(=O)N2CCC2)C=C1NC(=O)c1cnn2cccnc12. The zero-order chi connectivity index (χ0) is 24.9. The van der Waals surface area contributed by atoms with E-state index >= 15 is 0 Å². The summed E-state index contributed by atoms with van der Waals surface area (Å²) in [5.74, 6) is -0.399. The number of hydrogen-bond acceptors (Lipinski definition) is 7. The van der Waals surface area contributed by atoms with Gasteiger partial charge in [0, 0.05) is 43.8 Å². The van der Waals surface area contributed by atoms with Crippen LogP contribution in [0.15, 0.2) is 59.8 Å². The quantitative estimate of drug-likeness (QED) is 0.509. The first-order valence-electron chi connectivity index (χ1n) is 11.6. The number of aromatic nitrogens is 3. The van der Waals surface area contributed by atoms with E-state index in [0.717, 1.165) is 19.5 Å². The van der Waals surface area contributed by atoms with Gasteiger partial charge in [0.2, 0.25) is 5.91 Å². The molecule has 0 saturated carbocycles. The van der Waals surface area contributed by atoms with E-state index in [1.54, 1.807) is 47.4 Å². The van der Waals surface area contributed by atoms with E-state index in [1.165, 1.54) is 6.20 Å². The third-order valence-electron chi connectivity index (χ3n) is 6.11. The Hall–Kier alpha value is -3.21. The molecule has 3 atom stereocenters. The summed E-state index contributed by atoms with van der Waals surface area (Å²) >= 11 is 6.40. The molecule has 2 aromatic rings. The number of fused-ring (bicyclic) bond motifs is 1. The number of halogens is 1. The lowest BCUT2D eigenvalue weighted by atomic mass is 9.99. The third kappa shape index (κ3) is 5.55. The average molecular weight is 500 g/mol. The van der Waals surface area contributed by atoms with Crippen molar-refractivity contribution in [1.82, 2.24) is 35.2 Å². The molecule has 1 fully saturated rings. The minimum Gasteiger partial charge on any atom is -0.381 e. The van der Waals surface area contributed by atoms with Crippen molar-refractivity contribution in [2.75, 3.05) is 26.8 Å². The molecule has 2 N–H and O–H groups in total. The van der Waals surface area contributed by atoms with Gasteiger partial charge in [-0.15, -0.1) is 0 Å². The van der Waals surface area contributed by atoms with E-state index in [9.17, 15) is 9.59 Å². The number of methoxy groups -OCH3 is 1. The molecule has 3 unspecified atom stereocenters. The molecular weight excluding hydrogens is 470 g/mol. The van der Waals surface area contributed by atoms with Gasteiger partial charge in [-0.2, -0.15) is 5.10 Å². The number of carbonyl (C=O) groups excluding carboxylic acids is 2. The van der Waals surface area contributed by atoms with Gasteiger partial charge in [0.05, 0.1) is 24.5 Å². The number of rotatable bonds is 9. The van der Waals surface area contributed by atoms with E-state index in [0.29, 0.717) is 28.5 Å². The highest BCUT2D eigenvalue weighted by atomic mass is 35.5. The van der Waals surface area contributed by atoms with Crippen molar-refractivity contribution in [2.24, 2.45) is 5.92 Å². The number of nitrogens with one attached hydrogen (secondary N) is 2. The Morgan fingerprint density at radius 1 is 1.37 bits per heavy atom. The number of allylic oxidation sites excluding steroid dienone is 2. The van der Waals surface area contributed by atoms with Crippen LogP contribution in [0.2, 0.25) is 0 Å². The lowest BCUT2D eigenvalue weighted by molar-refractivity contribution is -0.139. The van der Waals surface area contributed by atoms with Crippen molar-refractivity contribution in [3.63, 3.8) is 0 Å². The van der Waals surface area contributed by atoms with Crippen LogP contribution in [-0.4, -0.2) is 75.2 Å². The van der Waals surface area contributed by atoms with Gasteiger partial charge in [-0.3, -0.25) is 9.59 Å². The molecule has 186 valence electrons. The number of likely N-dealkylation sites (tertiary alicyclic amines) is 1. The first kappa shape index (κ1) is 24.9. The zero-order valence-electron chi connectivity index (χ0n) is 20.0. The molecule has 4 rings (SSSR count). The maximum atomic E-state index is 13.2. The number of nitrogens with zero attached hydrogens (tertiary/aromatic N) is 5. The van der Waals surface area contributed by atoms with E-state index < -0.39 is 6.04 Å². The molecule has 2 aliphatic rings. The molecule has 0 spiro atoms. The number of ether oxygens (including phenoxy) is 1. The lowest BCUT2D eigenvalue weighted by Crippen LogP contribution is -2.54. The van der Waals surface area contributed by atoms with Crippen LogP contribution in [0.4, 0.5) is 0 Å². The molecule has 0 bridgehead atoms. The number of carbonyl (C=O) groups is 2. The van der Waals surface area contributed by atoms with Gasteiger partial charge in [0.15, 0.2) is 5.65 Å². The Kier molecular flexibility index (Phi) is 7.84. The highest BCUT2D eigenvalue weighted by Gasteiger charge is 2.36. The second kappa shape index (κ2) is 11.0. The van der Waals surface area contributed by atoms with Crippen molar-refractivity contribution in [3.8, 4) is 0 Å². The topological polar surface area (TPSA) is 104 Å². The summed E-state index contributed by atoms with van der Waals surface area (Å²) in [6.45, 7) is 5.85. The van der Waals surface area contributed by atoms with Crippen LogP contribution in [0.25, 0.3) is 5.65 Å². The van der Waals surface area contributed by atoms with E-state index in [2.05, 4.69) is 20.8 Å². The van der Waals surface area contributed by atoms with Gasteiger partial charge in [-0.05, 0) is 31.4 Å². The fraction of sp³-hybridized carbons (Fsp3) is 0.417. The van der Waals surface area contributed by atoms with E-state index in [-0.39, 0.29) is 23.8 Å². The minimum atomic E-state index is -0.431. The minimum absolute atomic E-state index is 0.0434. The van der Waals surface area contributed by atoms with Crippen LogP contribution in [-0.2, 0) is 9.53 Å². The number of hydrazine groups is 1. The van der Waals surface area contributed by atoms with Crippen LogP contribution in [0.3, 0.4) is 0 Å². The fourth-order valence-corrected chi connectivity index (χ4v) is 4.29. The lowest BCUT2D eigenvalue weighted by Gasteiger charge is -2.36.